The van der Waals surface area contributed by atoms with E-state index in [2.05, 4.69) is 0 Å². The van der Waals surface area contributed by atoms with E-state index in [1.54, 1.807) is 0 Å². The lowest BCUT2D eigenvalue weighted by Gasteiger charge is -2.24. The minimum absolute atomic E-state index is 0.0993. The Morgan fingerprint density at radius 2 is 1.55 bits per heavy atom. The molecule has 0 bridgehead atoms. The van der Waals surface area contributed by atoms with Crippen LogP contribution in [0.5, 0.6) is 0 Å². The van der Waals surface area contributed by atoms with Crippen molar-refractivity contribution in [2.45, 2.75) is 30.7 Å². The van der Waals surface area contributed by atoms with Crippen LogP contribution in [0.15, 0.2) is 48.5 Å². The summed E-state index contributed by atoms with van der Waals surface area (Å²) in [5, 5.41) is 0. The number of hydrogen-bond donors (Lipinski definition) is 1. The second kappa shape index (κ2) is 4.98. The van der Waals surface area contributed by atoms with Gasteiger partial charge in [-0.15, -0.1) is 0 Å². The molecule has 0 spiro atoms. The van der Waals surface area contributed by atoms with Gasteiger partial charge < -0.3 is 5.73 Å². The second-order valence-corrected chi connectivity index (χ2v) is 5.53. The van der Waals surface area contributed by atoms with Crippen molar-refractivity contribution in [3.05, 3.63) is 71.3 Å². The number of rotatable bonds is 4. The minimum Gasteiger partial charge on any atom is -0.327 e. The molecule has 1 aliphatic rings. The Bertz CT molecular complexity index is 585. The van der Waals surface area contributed by atoms with E-state index in [1.807, 2.05) is 30.3 Å². The highest BCUT2D eigenvalue weighted by atomic mass is 19.1. The molecule has 1 nitrogen and oxygen atoms in total. The van der Waals surface area contributed by atoms with Gasteiger partial charge in [0.15, 0.2) is 0 Å². The molecule has 0 radical (unpaired) electrons. The molecule has 0 amide bonds. The summed E-state index contributed by atoms with van der Waals surface area (Å²) in [5.41, 5.74) is 7.44. The van der Waals surface area contributed by atoms with E-state index in [0.717, 1.165) is 12.8 Å². The monoisotopic (exact) mass is 273 g/mol. The molecule has 1 unspecified atom stereocenters. The number of hydrogen-bond acceptors (Lipinski definition) is 1. The molecule has 0 saturated heterocycles. The molecule has 2 N–H and O–H groups in total. The van der Waals surface area contributed by atoms with Gasteiger partial charge in [0.1, 0.15) is 11.6 Å². The predicted molar refractivity (Wildman–Crippen MR) is 75.4 cm³/mol. The number of benzene rings is 2. The molecular formula is C17H17F2N. The molecule has 1 aliphatic carbocycles. The van der Waals surface area contributed by atoms with Gasteiger partial charge in [0.25, 0.3) is 0 Å². The van der Waals surface area contributed by atoms with Gasteiger partial charge >= 0.3 is 0 Å². The summed E-state index contributed by atoms with van der Waals surface area (Å²) in [6.07, 6.45) is 2.19. The van der Waals surface area contributed by atoms with Gasteiger partial charge in [0.05, 0.1) is 0 Å². The van der Waals surface area contributed by atoms with Crippen molar-refractivity contribution in [1.82, 2.24) is 0 Å². The summed E-state index contributed by atoms with van der Waals surface area (Å²) in [7, 11) is 0. The Hall–Kier alpha value is -1.74. The largest absolute Gasteiger partial charge is 0.327 e. The third-order valence-corrected chi connectivity index (χ3v) is 4.33. The lowest BCUT2D eigenvalue weighted by molar-refractivity contribution is 0.480. The zero-order valence-corrected chi connectivity index (χ0v) is 11.2. The van der Waals surface area contributed by atoms with E-state index in [1.165, 1.54) is 23.8 Å². The Kier molecular flexibility index (Phi) is 3.30. The van der Waals surface area contributed by atoms with Crippen LogP contribution in [0, 0.1) is 11.6 Å². The Balaban J connectivity index is 1.85. The molecule has 0 heterocycles. The number of nitrogens with two attached hydrogens (primary N) is 1. The lowest BCUT2D eigenvalue weighted by Crippen LogP contribution is -2.37. The third kappa shape index (κ3) is 2.22. The highest BCUT2D eigenvalue weighted by molar-refractivity contribution is 5.35. The molecule has 2 aromatic carbocycles. The highest BCUT2D eigenvalue weighted by Gasteiger charge is 2.49. The van der Waals surface area contributed by atoms with E-state index in [0.29, 0.717) is 0 Å². The molecule has 3 rings (SSSR count). The van der Waals surface area contributed by atoms with Gasteiger partial charge in [-0.25, -0.2) is 8.78 Å². The SMILES string of the molecule is NC(Cc1c(F)cccc1F)C1(c2ccccc2)CC1. The maximum atomic E-state index is 13.7. The lowest BCUT2D eigenvalue weighted by atomic mass is 9.85. The van der Waals surface area contributed by atoms with Gasteiger partial charge in [-0.05, 0) is 37.0 Å². The van der Waals surface area contributed by atoms with Gasteiger partial charge in [-0.3, -0.25) is 0 Å². The van der Waals surface area contributed by atoms with Crippen molar-refractivity contribution < 1.29 is 8.78 Å². The first kappa shape index (κ1) is 13.3. The molecule has 2 aromatic rings. The Labute approximate surface area is 117 Å². The molecule has 20 heavy (non-hydrogen) atoms. The van der Waals surface area contributed by atoms with E-state index >= 15 is 0 Å². The molecular weight excluding hydrogens is 256 g/mol. The van der Waals surface area contributed by atoms with Crippen LogP contribution in [0.1, 0.15) is 24.0 Å². The summed E-state index contributed by atoms with van der Waals surface area (Å²) in [5.74, 6) is -1.02. The molecule has 0 aliphatic heterocycles. The molecule has 1 fully saturated rings. The predicted octanol–water partition coefficient (Wildman–Crippen LogP) is 3.57. The average molecular weight is 273 g/mol. The molecule has 3 heteroatoms. The average Bonchev–Trinajstić information content (AvgIpc) is 3.25. The zero-order valence-electron chi connectivity index (χ0n) is 11.2. The summed E-state index contributed by atoms with van der Waals surface area (Å²) in [6, 6.07) is 13.7. The van der Waals surface area contributed by atoms with Crippen molar-refractivity contribution in [1.29, 1.82) is 0 Å². The smallest absolute Gasteiger partial charge is 0.129 e. The number of halogens is 2. The molecule has 1 atom stereocenters. The van der Waals surface area contributed by atoms with E-state index in [4.69, 9.17) is 5.73 Å². The van der Waals surface area contributed by atoms with Crippen molar-refractivity contribution in [3.8, 4) is 0 Å². The Morgan fingerprint density at radius 3 is 2.10 bits per heavy atom. The maximum absolute atomic E-state index is 13.7. The van der Waals surface area contributed by atoms with Crippen molar-refractivity contribution in [2.24, 2.45) is 5.73 Å². The highest BCUT2D eigenvalue weighted by Crippen LogP contribution is 2.51. The van der Waals surface area contributed by atoms with Crippen LogP contribution in [-0.2, 0) is 11.8 Å². The fourth-order valence-corrected chi connectivity index (χ4v) is 2.92. The van der Waals surface area contributed by atoms with Gasteiger partial charge in [-0.2, -0.15) is 0 Å². The van der Waals surface area contributed by atoms with Crippen LogP contribution in [0.25, 0.3) is 0 Å². The zero-order chi connectivity index (χ0) is 14.2. The van der Waals surface area contributed by atoms with Gasteiger partial charge in [0, 0.05) is 17.0 Å². The quantitative estimate of drug-likeness (QED) is 0.905. The fraction of sp³-hybridized carbons (Fsp3) is 0.294. The first-order chi connectivity index (χ1) is 9.63. The van der Waals surface area contributed by atoms with Gasteiger partial charge in [0.2, 0.25) is 0 Å². The Morgan fingerprint density at radius 1 is 0.950 bits per heavy atom. The van der Waals surface area contributed by atoms with E-state index in [-0.39, 0.29) is 23.4 Å². The van der Waals surface area contributed by atoms with Gasteiger partial charge in [-0.1, -0.05) is 36.4 Å². The van der Waals surface area contributed by atoms with E-state index in [9.17, 15) is 8.78 Å². The van der Waals surface area contributed by atoms with Crippen LogP contribution in [-0.4, -0.2) is 6.04 Å². The fourth-order valence-electron chi connectivity index (χ4n) is 2.92. The van der Waals surface area contributed by atoms with E-state index < -0.39 is 11.6 Å². The van der Waals surface area contributed by atoms with Crippen LogP contribution in [0.3, 0.4) is 0 Å². The summed E-state index contributed by atoms with van der Waals surface area (Å²) >= 11 is 0. The summed E-state index contributed by atoms with van der Waals surface area (Å²) in [4.78, 5) is 0. The maximum Gasteiger partial charge on any atom is 0.129 e. The minimum atomic E-state index is -0.510. The normalized spacial score (nSPS) is 17.8. The molecule has 1 saturated carbocycles. The van der Waals surface area contributed by atoms with Crippen LogP contribution < -0.4 is 5.73 Å². The second-order valence-electron chi connectivity index (χ2n) is 5.53. The summed E-state index contributed by atoms with van der Waals surface area (Å²) in [6.45, 7) is 0. The summed E-state index contributed by atoms with van der Waals surface area (Å²) < 4.78 is 27.5. The van der Waals surface area contributed by atoms with Crippen LogP contribution in [0.4, 0.5) is 8.78 Å². The van der Waals surface area contributed by atoms with Crippen molar-refractivity contribution >= 4 is 0 Å². The van der Waals surface area contributed by atoms with Crippen molar-refractivity contribution in [3.63, 3.8) is 0 Å². The first-order valence-electron chi connectivity index (χ1n) is 6.87. The molecule has 0 aromatic heterocycles. The van der Waals surface area contributed by atoms with Crippen molar-refractivity contribution in [2.75, 3.05) is 0 Å². The topological polar surface area (TPSA) is 26.0 Å². The first-order valence-corrected chi connectivity index (χ1v) is 6.87. The third-order valence-electron chi connectivity index (χ3n) is 4.33. The molecule has 104 valence electrons. The standard InChI is InChI=1S/C17H17F2N/c18-14-7-4-8-15(19)13(14)11-16(20)17(9-10-17)12-5-2-1-3-6-12/h1-8,16H,9-11,20H2. The van der Waals surface area contributed by atoms with Crippen LogP contribution >= 0.6 is 0 Å². The van der Waals surface area contributed by atoms with Crippen LogP contribution in [0.2, 0.25) is 0 Å².